The van der Waals surface area contributed by atoms with Crippen LogP contribution in [0.2, 0.25) is 0 Å². The third-order valence-corrected chi connectivity index (χ3v) is 4.32. The number of nitrogens with zero attached hydrogens (tertiary/aromatic N) is 2. The van der Waals surface area contributed by atoms with Crippen molar-refractivity contribution in [2.24, 2.45) is 4.99 Å². The Kier molecular flexibility index (Phi) is 8.85. The van der Waals surface area contributed by atoms with Crippen molar-refractivity contribution in [2.75, 3.05) is 46.4 Å². The summed E-state index contributed by atoms with van der Waals surface area (Å²) in [5.41, 5.74) is 0.967. The van der Waals surface area contributed by atoms with Crippen LogP contribution in [-0.4, -0.2) is 69.5 Å². The average Bonchev–Trinajstić information content (AvgIpc) is 3.06. The molecule has 6 nitrogen and oxygen atoms in total. The number of methoxy groups -OCH3 is 1. The Balaban J connectivity index is 1.74. The summed E-state index contributed by atoms with van der Waals surface area (Å²) in [6.45, 7) is 3.84. The van der Waals surface area contributed by atoms with Gasteiger partial charge in [-0.3, -0.25) is 9.89 Å². The van der Waals surface area contributed by atoms with Gasteiger partial charge in [0.2, 0.25) is 0 Å². The van der Waals surface area contributed by atoms with Crippen LogP contribution < -0.4 is 15.4 Å². The normalized spacial score (nSPS) is 18.3. The van der Waals surface area contributed by atoms with Crippen molar-refractivity contribution in [1.82, 2.24) is 15.5 Å². The predicted molar refractivity (Wildman–Crippen MR) is 103 cm³/mol. The molecule has 0 amide bonds. The topological polar surface area (TPSA) is 58.1 Å². The molecule has 1 aromatic rings. The lowest BCUT2D eigenvalue weighted by Gasteiger charge is -2.19. The van der Waals surface area contributed by atoms with Crippen LogP contribution in [0.3, 0.4) is 0 Å². The Morgan fingerprint density at radius 2 is 2.11 bits per heavy atom. The molecule has 158 valence electrons. The van der Waals surface area contributed by atoms with E-state index in [1.54, 1.807) is 7.11 Å². The molecule has 1 aliphatic heterocycles. The van der Waals surface area contributed by atoms with Gasteiger partial charge in [0.05, 0.1) is 33.4 Å². The number of nitrogens with one attached hydrogen (secondary N) is 2. The Bertz CT molecular complexity index is 625. The molecule has 2 rings (SSSR count). The summed E-state index contributed by atoms with van der Waals surface area (Å²) in [7, 11) is 1.62. The van der Waals surface area contributed by atoms with E-state index in [9.17, 15) is 13.2 Å². The minimum atomic E-state index is -4.16. The molecule has 1 saturated heterocycles. The first-order chi connectivity index (χ1) is 13.4. The second-order valence-electron chi connectivity index (χ2n) is 6.61. The van der Waals surface area contributed by atoms with Gasteiger partial charge in [0, 0.05) is 31.2 Å². The van der Waals surface area contributed by atoms with Gasteiger partial charge in [-0.2, -0.15) is 13.2 Å². The number of hydrogen-bond donors (Lipinski definition) is 2. The lowest BCUT2D eigenvalue weighted by molar-refractivity contribution is -0.143. The predicted octanol–water partition coefficient (Wildman–Crippen LogP) is 2.40. The minimum absolute atomic E-state index is 0.0466. The van der Waals surface area contributed by atoms with Crippen LogP contribution in [0.5, 0.6) is 5.75 Å². The van der Waals surface area contributed by atoms with Crippen molar-refractivity contribution in [3.63, 3.8) is 0 Å². The van der Waals surface area contributed by atoms with Gasteiger partial charge in [0.15, 0.2) is 5.96 Å². The van der Waals surface area contributed by atoms with Gasteiger partial charge in [-0.25, -0.2) is 0 Å². The van der Waals surface area contributed by atoms with Crippen LogP contribution in [0.25, 0.3) is 0 Å². The second-order valence-corrected chi connectivity index (χ2v) is 6.61. The van der Waals surface area contributed by atoms with E-state index in [1.807, 2.05) is 31.2 Å². The van der Waals surface area contributed by atoms with Gasteiger partial charge < -0.3 is 20.1 Å². The molecule has 0 saturated carbocycles. The molecule has 2 N–H and O–H groups in total. The molecule has 1 atom stereocenters. The number of likely N-dealkylation sites (tertiary alicyclic amines) is 1. The van der Waals surface area contributed by atoms with Crippen molar-refractivity contribution < 1.29 is 22.6 Å². The zero-order valence-corrected chi connectivity index (χ0v) is 16.4. The zero-order valence-electron chi connectivity index (χ0n) is 16.4. The molecule has 1 fully saturated rings. The Hall–Kier alpha value is -2.00. The fourth-order valence-corrected chi connectivity index (χ4v) is 3.09. The van der Waals surface area contributed by atoms with Gasteiger partial charge in [0.25, 0.3) is 0 Å². The maximum atomic E-state index is 12.5. The third-order valence-electron chi connectivity index (χ3n) is 4.32. The first-order valence-corrected chi connectivity index (χ1v) is 9.45. The van der Waals surface area contributed by atoms with Crippen molar-refractivity contribution >= 4 is 5.96 Å². The molecule has 1 heterocycles. The van der Waals surface area contributed by atoms with Crippen molar-refractivity contribution in [2.45, 2.75) is 32.2 Å². The molecule has 0 spiro atoms. The number of ether oxygens (including phenoxy) is 2. The molecule has 0 aromatic heterocycles. The fourth-order valence-electron chi connectivity index (χ4n) is 3.09. The van der Waals surface area contributed by atoms with Crippen LogP contribution in [0, 0.1) is 0 Å². The van der Waals surface area contributed by atoms with E-state index in [2.05, 4.69) is 15.6 Å². The lowest BCUT2D eigenvalue weighted by Crippen LogP contribution is -2.45. The fraction of sp³-hybridized carbons (Fsp3) is 0.632. The molecule has 0 aliphatic carbocycles. The smallest absolute Gasteiger partial charge is 0.401 e. The number of alkyl halides is 3. The number of aliphatic imine (C=N–C) groups is 1. The highest BCUT2D eigenvalue weighted by Crippen LogP contribution is 2.20. The first-order valence-electron chi connectivity index (χ1n) is 9.45. The Morgan fingerprint density at radius 1 is 1.32 bits per heavy atom. The summed E-state index contributed by atoms with van der Waals surface area (Å²) >= 11 is 0. The summed E-state index contributed by atoms with van der Waals surface area (Å²) < 4.78 is 48.5. The molecular weight excluding hydrogens is 373 g/mol. The quantitative estimate of drug-likeness (QED) is 0.377. The standard InChI is InChI=1S/C19H29F3N4O2/c1-3-23-18(25-16-8-10-26(12-16)14-19(20,21)22)24-9-11-28-13-15-6-4-5-7-17(15)27-2/h4-7,16H,3,8-14H2,1-2H3,(H2,23,24,25). The van der Waals surface area contributed by atoms with Crippen molar-refractivity contribution in [3.05, 3.63) is 29.8 Å². The third kappa shape index (κ3) is 7.93. The number of benzene rings is 1. The van der Waals surface area contributed by atoms with Crippen LogP contribution in [0.15, 0.2) is 29.3 Å². The van der Waals surface area contributed by atoms with Crippen LogP contribution in [-0.2, 0) is 11.3 Å². The summed E-state index contributed by atoms with van der Waals surface area (Å²) in [6.07, 6.45) is -3.50. The SMILES string of the molecule is CCNC(=NCCOCc1ccccc1OC)NC1CCN(CC(F)(F)F)C1. The van der Waals surface area contributed by atoms with Gasteiger partial charge in [-0.1, -0.05) is 18.2 Å². The maximum absolute atomic E-state index is 12.5. The number of guanidine groups is 1. The van der Waals surface area contributed by atoms with Gasteiger partial charge in [-0.05, 0) is 19.4 Å². The summed E-state index contributed by atoms with van der Waals surface area (Å²) in [6, 6.07) is 7.61. The molecule has 9 heteroatoms. The molecule has 0 bridgehead atoms. The van der Waals surface area contributed by atoms with Crippen molar-refractivity contribution in [1.29, 1.82) is 0 Å². The molecular formula is C19H29F3N4O2. The molecule has 28 heavy (non-hydrogen) atoms. The highest BCUT2D eigenvalue weighted by Gasteiger charge is 2.34. The minimum Gasteiger partial charge on any atom is -0.496 e. The van der Waals surface area contributed by atoms with Gasteiger partial charge in [-0.15, -0.1) is 0 Å². The summed E-state index contributed by atoms with van der Waals surface area (Å²) in [5, 5.41) is 6.34. The number of hydrogen-bond acceptors (Lipinski definition) is 4. The highest BCUT2D eigenvalue weighted by molar-refractivity contribution is 5.80. The van der Waals surface area contributed by atoms with E-state index < -0.39 is 12.7 Å². The number of para-hydroxylation sites is 1. The number of rotatable bonds is 9. The highest BCUT2D eigenvalue weighted by atomic mass is 19.4. The first kappa shape index (κ1) is 22.3. The van der Waals surface area contributed by atoms with Gasteiger partial charge >= 0.3 is 6.18 Å². The van der Waals surface area contributed by atoms with E-state index in [1.165, 1.54) is 4.90 Å². The van der Waals surface area contributed by atoms with E-state index >= 15 is 0 Å². The van der Waals surface area contributed by atoms with Crippen LogP contribution in [0.1, 0.15) is 18.9 Å². The van der Waals surface area contributed by atoms with E-state index in [-0.39, 0.29) is 6.04 Å². The van der Waals surface area contributed by atoms with Crippen LogP contribution in [0.4, 0.5) is 13.2 Å². The second kappa shape index (κ2) is 11.1. The molecule has 1 aliphatic rings. The molecule has 1 unspecified atom stereocenters. The molecule has 1 aromatic carbocycles. The zero-order chi connectivity index (χ0) is 20.4. The summed E-state index contributed by atoms with van der Waals surface area (Å²) in [4.78, 5) is 5.86. The van der Waals surface area contributed by atoms with E-state index in [4.69, 9.17) is 9.47 Å². The van der Waals surface area contributed by atoms with Crippen LogP contribution >= 0.6 is 0 Å². The van der Waals surface area contributed by atoms with Crippen molar-refractivity contribution in [3.8, 4) is 5.75 Å². The van der Waals surface area contributed by atoms with Gasteiger partial charge in [0.1, 0.15) is 5.75 Å². The Morgan fingerprint density at radius 3 is 2.82 bits per heavy atom. The molecule has 0 radical (unpaired) electrons. The monoisotopic (exact) mass is 402 g/mol. The Labute approximate surface area is 164 Å². The summed E-state index contributed by atoms with van der Waals surface area (Å²) in [5.74, 6) is 1.38. The average molecular weight is 402 g/mol. The lowest BCUT2D eigenvalue weighted by atomic mass is 10.2. The van der Waals surface area contributed by atoms with E-state index in [0.29, 0.717) is 51.8 Å². The number of halogens is 3. The largest absolute Gasteiger partial charge is 0.496 e. The van der Waals surface area contributed by atoms with E-state index in [0.717, 1.165) is 11.3 Å². The maximum Gasteiger partial charge on any atom is 0.401 e.